The second-order valence-corrected chi connectivity index (χ2v) is 4.75. The van der Waals surface area contributed by atoms with Gasteiger partial charge in [0.1, 0.15) is 18.9 Å². The number of ether oxygens (including phenoxy) is 1. The van der Waals surface area contributed by atoms with Crippen molar-refractivity contribution in [3.8, 4) is 5.75 Å². The van der Waals surface area contributed by atoms with Crippen molar-refractivity contribution < 1.29 is 19.5 Å². The highest BCUT2D eigenvalue weighted by atomic mass is 16.5. The lowest BCUT2D eigenvalue weighted by molar-refractivity contribution is -0.887. The van der Waals surface area contributed by atoms with Crippen LogP contribution in [0, 0.1) is 0 Å². The Morgan fingerprint density at radius 2 is 2.05 bits per heavy atom. The molecule has 2 rings (SSSR count). The minimum atomic E-state index is -1.20. The number of hydrogen-bond donors (Lipinski definition) is 1. The summed E-state index contributed by atoms with van der Waals surface area (Å²) in [5.74, 6) is -0.477. The first-order chi connectivity index (χ1) is 9.25. The molecule has 0 aliphatic carbocycles. The van der Waals surface area contributed by atoms with Gasteiger partial charge in [-0.15, -0.1) is 0 Å². The molecule has 0 unspecified atom stereocenters. The van der Waals surface area contributed by atoms with Crippen LogP contribution in [-0.2, 0) is 4.79 Å². The molecular weight excluding hydrogens is 242 g/mol. The molecule has 1 N–H and O–H groups in total. The van der Waals surface area contributed by atoms with E-state index in [2.05, 4.69) is 0 Å². The van der Waals surface area contributed by atoms with Gasteiger partial charge in [-0.3, -0.25) is 0 Å². The highest BCUT2D eigenvalue weighted by Gasteiger charge is 2.14. The molecule has 1 aliphatic heterocycles. The Bertz CT molecular complexity index is 450. The summed E-state index contributed by atoms with van der Waals surface area (Å²) in [6, 6.07) is 7.42. The van der Waals surface area contributed by atoms with E-state index in [1.165, 1.54) is 32.0 Å². The fourth-order valence-electron chi connectivity index (χ4n) is 2.34. The van der Waals surface area contributed by atoms with Gasteiger partial charge in [0.05, 0.1) is 19.1 Å². The van der Waals surface area contributed by atoms with Gasteiger partial charge in [-0.25, -0.2) is 0 Å². The van der Waals surface area contributed by atoms with Gasteiger partial charge >= 0.3 is 0 Å². The summed E-state index contributed by atoms with van der Waals surface area (Å²) in [4.78, 5) is 12.0. The van der Waals surface area contributed by atoms with E-state index in [4.69, 9.17) is 4.74 Å². The summed E-state index contributed by atoms with van der Waals surface area (Å²) in [6.07, 6.45) is 5.14. The summed E-state index contributed by atoms with van der Waals surface area (Å²) >= 11 is 0. The third-order valence-electron chi connectivity index (χ3n) is 3.34. The van der Waals surface area contributed by atoms with Crippen molar-refractivity contribution in [3.63, 3.8) is 0 Å². The first-order valence-electron chi connectivity index (χ1n) is 6.70. The van der Waals surface area contributed by atoms with Crippen molar-refractivity contribution in [2.45, 2.75) is 12.8 Å². The molecule has 1 saturated heterocycles. The fourth-order valence-corrected chi connectivity index (χ4v) is 2.34. The second kappa shape index (κ2) is 6.95. The smallest absolute Gasteiger partial charge is 0.137 e. The number of carboxylic acids is 1. The molecule has 1 aliphatic rings. The number of carboxylic acid groups (broad SMARTS) is 1. The number of likely N-dealkylation sites (tertiary alicyclic amines) is 1. The zero-order valence-electron chi connectivity index (χ0n) is 10.9. The van der Waals surface area contributed by atoms with E-state index in [1.807, 2.05) is 24.3 Å². The molecule has 0 spiro atoms. The van der Waals surface area contributed by atoms with Gasteiger partial charge < -0.3 is 19.5 Å². The van der Waals surface area contributed by atoms with Crippen LogP contribution in [0.3, 0.4) is 0 Å². The third-order valence-corrected chi connectivity index (χ3v) is 3.34. The maximum Gasteiger partial charge on any atom is 0.137 e. The molecule has 1 heterocycles. The summed E-state index contributed by atoms with van der Waals surface area (Å²) in [7, 11) is 0. The molecule has 0 saturated carbocycles. The van der Waals surface area contributed by atoms with E-state index in [1.54, 1.807) is 4.90 Å². The minimum Gasteiger partial charge on any atom is -0.545 e. The number of benzene rings is 1. The SMILES string of the molecule is O=C([O-])/C=C/c1ccccc1OCC[NH+]1CCCC1. The summed E-state index contributed by atoms with van der Waals surface area (Å²) < 4.78 is 5.75. The molecule has 1 aromatic rings. The molecule has 0 bridgehead atoms. The molecule has 1 fully saturated rings. The molecule has 4 nitrogen and oxygen atoms in total. The zero-order chi connectivity index (χ0) is 13.5. The number of carbonyl (C=O) groups excluding carboxylic acids is 1. The number of quaternary nitrogens is 1. The maximum atomic E-state index is 10.4. The van der Waals surface area contributed by atoms with Crippen LogP contribution < -0.4 is 14.7 Å². The molecule has 19 heavy (non-hydrogen) atoms. The van der Waals surface area contributed by atoms with E-state index in [9.17, 15) is 9.90 Å². The summed E-state index contributed by atoms with van der Waals surface area (Å²) in [5.41, 5.74) is 0.767. The van der Waals surface area contributed by atoms with Gasteiger partial charge in [0, 0.05) is 18.4 Å². The van der Waals surface area contributed by atoms with Gasteiger partial charge in [-0.1, -0.05) is 18.2 Å². The van der Waals surface area contributed by atoms with E-state index < -0.39 is 5.97 Å². The molecular formula is C15H19NO3. The predicted octanol–water partition coefficient (Wildman–Crippen LogP) is -0.493. The van der Waals surface area contributed by atoms with Crippen LogP contribution >= 0.6 is 0 Å². The molecule has 0 amide bonds. The quantitative estimate of drug-likeness (QED) is 0.703. The average Bonchev–Trinajstić information content (AvgIpc) is 2.91. The molecule has 0 radical (unpaired) electrons. The predicted molar refractivity (Wildman–Crippen MR) is 70.8 cm³/mol. The Hall–Kier alpha value is -1.81. The molecule has 1 aromatic carbocycles. The molecule has 4 heteroatoms. The van der Waals surface area contributed by atoms with Crippen LogP contribution in [0.15, 0.2) is 30.3 Å². The Morgan fingerprint density at radius 3 is 2.79 bits per heavy atom. The Kier molecular flexibility index (Phi) is 4.98. The fraction of sp³-hybridized carbons (Fsp3) is 0.400. The number of nitrogens with one attached hydrogen (secondary N) is 1. The minimum absolute atomic E-state index is 0.658. The lowest BCUT2D eigenvalue weighted by Crippen LogP contribution is -3.10. The third kappa shape index (κ3) is 4.41. The van der Waals surface area contributed by atoms with E-state index in [-0.39, 0.29) is 0 Å². The van der Waals surface area contributed by atoms with E-state index in [0.717, 1.165) is 23.9 Å². The van der Waals surface area contributed by atoms with Crippen molar-refractivity contribution >= 4 is 12.0 Å². The Morgan fingerprint density at radius 1 is 1.32 bits per heavy atom. The summed E-state index contributed by atoms with van der Waals surface area (Å²) in [6.45, 7) is 4.12. The van der Waals surface area contributed by atoms with Crippen molar-refractivity contribution in [2.75, 3.05) is 26.2 Å². The summed E-state index contributed by atoms with van der Waals surface area (Å²) in [5, 5.41) is 10.4. The van der Waals surface area contributed by atoms with Gasteiger partial charge in [0.25, 0.3) is 0 Å². The standard InChI is InChI=1S/C15H19NO3/c17-15(18)8-7-13-5-1-2-6-14(13)19-12-11-16-9-3-4-10-16/h1-2,5-8H,3-4,9-12H2,(H,17,18)/b8-7+. The van der Waals surface area contributed by atoms with Crippen LogP contribution in [0.25, 0.3) is 6.08 Å². The monoisotopic (exact) mass is 261 g/mol. The van der Waals surface area contributed by atoms with Crippen molar-refractivity contribution in [3.05, 3.63) is 35.9 Å². The van der Waals surface area contributed by atoms with Gasteiger partial charge in [0.2, 0.25) is 0 Å². The number of aliphatic carboxylic acids is 1. The first kappa shape index (κ1) is 13.6. The van der Waals surface area contributed by atoms with Gasteiger partial charge in [-0.05, 0) is 18.2 Å². The number of carbonyl (C=O) groups is 1. The van der Waals surface area contributed by atoms with E-state index in [0.29, 0.717) is 6.61 Å². The zero-order valence-corrected chi connectivity index (χ0v) is 10.9. The topological polar surface area (TPSA) is 53.8 Å². The van der Waals surface area contributed by atoms with Gasteiger partial charge in [-0.2, -0.15) is 0 Å². The first-order valence-corrected chi connectivity index (χ1v) is 6.70. The van der Waals surface area contributed by atoms with Crippen molar-refractivity contribution in [2.24, 2.45) is 0 Å². The van der Waals surface area contributed by atoms with Crippen LogP contribution in [0.5, 0.6) is 5.75 Å². The second-order valence-electron chi connectivity index (χ2n) is 4.75. The number of para-hydroxylation sites is 1. The van der Waals surface area contributed by atoms with Crippen LogP contribution in [0.4, 0.5) is 0 Å². The number of rotatable bonds is 6. The average molecular weight is 261 g/mol. The molecule has 102 valence electrons. The molecule has 0 aromatic heterocycles. The van der Waals surface area contributed by atoms with Gasteiger partial charge in [0.15, 0.2) is 0 Å². The highest BCUT2D eigenvalue weighted by molar-refractivity contribution is 5.84. The largest absolute Gasteiger partial charge is 0.545 e. The highest BCUT2D eigenvalue weighted by Crippen LogP contribution is 2.19. The van der Waals surface area contributed by atoms with Crippen molar-refractivity contribution in [1.82, 2.24) is 0 Å². The van der Waals surface area contributed by atoms with Crippen LogP contribution in [0.1, 0.15) is 18.4 Å². The molecule has 0 atom stereocenters. The van der Waals surface area contributed by atoms with E-state index >= 15 is 0 Å². The Labute approximate surface area is 113 Å². The lowest BCUT2D eigenvalue weighted by atomic mass is 10.2. The van der Waals surface area contributed by atoms with Crippen molar-refractivity contribution in [1.29, 1.82) is 0 Å². The lowest BCUT2D eigenvalue weighted by Gasteiger charge is -2.13. The number of hydrogen-bond acceptors (Lipinski definition) is 3. The maximum absolute atomic E-state index is 10.4. The Balaban J connectivity index is 1.89. The normalized spacial score (nSPS) is 16.0. The van der Waals surface area contributed by atoms with Crippen LogP contribution in [-0.4, -0.2) is 32.2 Å². The van der Waals surface area contributed by atoms with Crippen LogP contribution in [0.2, 0.25) is 0 Å².